The van der Waals surface area contributed by atoms with Crippen LogP contribution < -0.4 is 5.73 Å². The molecular weight excluding hydrogens is 256 g/mol. The molecule has 1 atom stereocenters. The van der Waals surface area contributed by atoms with Crippen LogP contribution in [0.5, 0.6) is 0 Å². The fourth-order valence-electron chi connectivity index (χ4n) is 1.76. The van der Waals surface area contributed by atoms with Crippen molar-refractivity contribution < 1.29 is 14.7 Å². The Balaban J connectivity index is 2.61. The first kappa shape index (κ1) is 16.2. The maximum absolute atomic E-state index is 12.2. The number of nitrogens with zero attached hydrogens (tertiary/aromatic N) is 1. The molecule has 20 heavy (non-hydrogen) atoms. The van der Waals surface area contributed by atoms with E-state index in [4.69, 9.17) is 10.8 Å². The number of carbonyl (C=O) groups is 2. The summed E-state index contributed by atoms with van der Waals surface area (Å²) in [6.07, 6.45) is 1.18. The average Bonchev–Trinajstić information content (AvgIpc) is 2.43. The van der Waals surface area contributed by atoms with E-state index >= 15 is 0 Å². The third-order valence-corrected chi connectivity index (χ3v) is 3.60. The zero-order valence-corrected chi connectivity index (χ0v) is 12.2. The standard InChI is InChI=1S/C15H22N2O3/c1-15(2,14(19)20)17(3)13(18)12(16)10-9-11-7-5-4-6-8-11/h4-8,12H,9-10,16H2,1-3H3,(H,19,20)/t12-/m0/s1. The highest BCUT2D eigenvalue weighted by molar-refractivity contribution is 5.88. The third-order valence-electron chi connectivity index (χ3n) is 3.60. The number of aliphatic carboxylic acids is 1. The van der Waals surface area contributed by atoms with Crippen molar-refractivity contribution in [3.05, 3.63) is 35.9 Å². The second kappa shape index (κ2) is 6.52. The van der Waals surface area contributed by atoms with Gasteiger partial charge in [0.1, 0.15) is 5.54 Å². The normalized spacial score (nSPS) is 12.8. The first-order valence-corrected chi connectivity index (χ1v) is 6.57. The number of carboxylic acids is 1. The summed E-state index contributed by atoms with van der Waals surface area (Å²) in [6.45, 7) is 2.97. The molecule has 1 rings (SSSR count). The lowest BCUT2D eigenvalue weighted by atomic mass is 10.0. The van der Waals surface area contributed by atoms with Crippen LogP contribution in [0.3, 0.4) is 0 Å². The number of amides is 1. The number of nitrogens with two attached hydrogens (primary N) is 1. The van der Waals surface area contributed by atoms with Gasteiger partial charge in [-0.25, -0.2) is 4.79 Å². The highest BCUT2D eigenvalue weighted by Crippen LogP contribution is 2.15. The highest BCUT2D eigenvalue weighted by atomic mass is 16.4. The molecule has 110 valence electrons. The predicted molar refractivity (Wildman–Crippen MR) is 77.2 cm³/mol. The largest absolute Gasteiger partial charge is 0.480 e. The van der Waals surface area contributed by atoms with E-state index < -0.39 is 17.6 Å². The molecule has 1 amide bonds. The maximum atomic E-state index is 12.2. The van der Waals surface area contributed by atoms with Gasteiger partial charge in [0.2, 0.25) is 5.91 Å². The molecule has 0 radical (unpaired) electrons. The first-order valence-electron chi connectivity index (χ1n) is 6.57. The number of benzene rings is 1. The van der Waals surface area contributed by atoms with Crippen molar-refractivity contribution in [1.29, 1.82) is 0 Å². The fraction of sp³-hybridized carbons (Fsp3) is 0.467. The summed E-state index contributed by atoms with van der Waals surface area (Å²) in [5, 5.41) is 9.12. The van der Waals surface area contributed by atoms with Gasteiger partial charge < -0.3 is 15.7 Å². The molecule has 0 fully saturated rings. The molecule has 0 aliphatic heterocycles. The quantitative estimate of drug-likeness (QED) is 0.820. The van der Waals surface area contributed by atoms with Gasteiger partial charge in [-0.2, -0.15) is 0 Å². The SMILES string of the molecule is CN(C(=O)[C@@H](N)CCc1ccccc1)C(C)(C)C(=O)O. The van der Waals surface area contributed by atoms with Crippen molar-refractivity contribution in [1.82, 2.24) is 4.90 Å². The molecule has 0 aromatic heterocycles. The number of hydrogen-bond donors (Lipinski definition) is 2. The highest BCUT2D eigenvalue weighted by Gasteiger charge is 2.36. The lowest BCUT2D eigenvalue weighted by Gasteiger charge is -2.33. The van der Waals surface area contributed by atoms with Gasteiger partial charge in [-0.3, -0.25) is 4.79 Å². The van der Waals surface area contributed by atoms with Crippen LogP contribution in [0.25, 0.3) is 0 Å². The minimum atomic E-state index is -1.26. The molecule has 5 heteroatoms. The number of aryl methyl sites for hydroxylation is 1. The van der Waals surface area contributed by atoms with Crippen LogP contribution in [0.2, 0.25) is 0 Å². The van der Waals surface area contributed by atoms with E-state index in [2.05, 4.69) is 0 Å². The molecule has 0 bridgehead atoms. The smallest absolute Gasteiger partial charge is 0.329 e. The number of hydrogen-bond acceptors (Lipinski definition) is 3. The van der Waals surface area contributed by atoms with E-state index in [1.807, 2.05) is 30.3 Å². The minimum absolute atomic E-state index is 0.353. The zero-order chi connectivity index (χ0) is 15.3. The molecule has 1 aromatic carbocycles. The second-order valence-electron chi connectivity index (χ2n) is 5.39. The van der Waals surface area contributed by atoms with Crippen molar-refractivity contribution in [2.45, 2.75) is 38.3 Å². The monoisotopic (exact) mass is 278 g/mol. The summed E-state index contributed by atoms with van der Waals surface area (Å²) in [6, 6.07) is 9.05. The van der Waals surface area contributed by atoms with Crippen LogP contribution in [0.1, 0.15) is 25.8 Å². The van der Waals surface area contributed by atoms with Crippen molar-refractivity contribution in [2.24, 2.45) is 5.73 Å². The summed E-state index contributed by atoms with van der Waals surface area (Å²) < 4.78 is 0. The van der Waals surface area contributed by atoms with Crippen LogP contribution >= 0.6 is 0 Å². The van der Waals surface area contributed by atoms with Gasteiger partial charge in [-0.05, 0) is 32.3 Å². The average molecular weight is 278 g/mol. The molecular formula is C15H22N2O3. The van der Waals surface area contributed by atoms with Crippen LogP contribution in [0.4, 0.5) is 0 Å². The van der Waals surface area contributed by atoms with E-state index in [0.717, 1.165) is 5.56 Å². The van der Waals surface area contributed by atoms with E-state index in [1.165, 1.54) is 25.8 Å². The van der Waals surface area contributed by atoms with Gasteiger partial charge in [0.25, 0.3) is 0 Å². The van der Waals surface area contributed by atoms with Crippen LogP contribution in [-0.2, 0) is 16.0 Å². The Morgan fingerprint density at radius 2 is 1.85 bits per heavy atom. The van der Waals surface area contributed by atoms with Crippen LogP contribution in [0.15, 0.2) is 30.3 Å². The molecule has 0 aliphatic carbocycles. The minimum Gasteiger partial charge on any atom is -0.480 e. The molecule has 5 nitrogen and oxygen atoms in total. The Kier molecular flexibility index (Phi) is 5.27. The van der Waals surface area contributed by atoms with E-state index in [1.54, 1.807) is 0 Å². The van der Waals surface area contributed by atoms with Gasteiger partial charge in [-0.15, -0.1) is 0 Å². The van der Waals surface area contributed by atoms with Crippen molar-refractivity contribution in [3.8, 4) is 0 Å². The lowest BCUT2D eigenvalue weighted by molar-refractivity contribution is -0.155. The van der Waals surface area contributed by atoms with E-state index in [9.17, 15) is 9.59 Å². The maximum Gasteiger partial charge on any atom is 0.329 e. The summed E-state index contributed by atoms with van der Waals surface area (Å²) in [4.78, 5) is 24.5. The Labute approximate surface area is 119 Å². The van der Waals surface area contributed by atoms with Gasteiger partial charge >= 0.3 is 5.97 Å². The molecule has 0 heterocycles. The van der Waals surface area contributed by atoms with Crippen LogP contribution in [0, 0.1) is 0 Å². The Hall–Kier alpha value is -1.88. The van der Waals surface area contributed by atoms with Gasteiger partial charge in [0.15, 0.2) is 0 Å². The first-order chi connectivity index (χ1) is 9.26. The molecule has 0 spiro atoms. The fourth-order valence-corrected chi connectivity index (χ4v) is 1.76. The Morgan fingerprint density at radius 3 is 2.35 bits per heavy atom. The summed E-state index contributed by atoms with van der Waals surface area (Å²) in [7, 11) is 1.47. The Bertz CT molecular complexity index is 471. The number of rotatable bonds is 6. The molecule has 3 N–H and O–H groups in total. The van der Waals surface area contributed by atoms with E-state index in [0.29, 0.717) is 12.8 Å². The molecule has 0 saturated heterocycles. The summed E-state index contributed by atoms with van der Waals surface area (Å²) in [5.41, 5.74) is 5.72. The number of carboxylic acid groups (broad SMARTS) is 1. The lowest BCUT2D eigenvalue weighted by Crippen LogP contribution is -2.55. The third kappa shape index (κ3) is 3.81. The topological polar surface area (TPSA) is 83.6 Å². The molecule has 1 aromatic rings. The number of likely N-dealkylation sites (N-methyl/N-ethyl adjacent to an activating group) is 1. The van der Waals surface area contributed by atoms with Crippen molar-refractivity contribution >= 4 is 11.9 Å². The Morgan fingerprint density at radius 1 is 1.30 bits per heavy atom. The molecule has 0 unspecified atom stereocenters. The van der Waals surface area contributed by atoms with E-state index in [-0.39, 0.29) is 5.91 Å². The molecule has 0 aliphatic rings. The zero-order valence-electron chi connectivity index (χ0n) is 12.2. The van der Waals surface area contributed by atoms with Gasteiger partial charge in [0, 0.05) is 7.05 Å². The summed E-state index contributed by atoms with van der Waals surface area (Å²) >= 11 is 0. The molecule has 0 saturated carbocycles. The summed E-state index contributed by atoms with van der Waals surface area (Å²) in [5.74, 6) is -1.41. The van der Waals surface area contributed by atoms with Crippen LogP contribution in [-0.4, -0.2) is 40.5 Å². The van der Waals surface area contributed by atoms with Crippen molar-refractivity contribution in [2.75, 3.05) is 7.05 Å². The number of carbonyl (C=O) groups excluding carboxylic acids is 1. The van der Waals surface area contributed by atoms with Crippen molar-refractivity contribution in [3.63, 3.8) is 0 Å². The van der Waals surface area contributed by atoms with Gasteiger partial charge in [-0.1, -0.05) is 30.3 Å². The predicted octanol–water partition coefficient (Wildman–Crippen LogP) is 1.27. The second-order valence-corrected chi connectivity index (χ2v) is 5.39. The van der Waals surface area contributed by atoms with Gasteiger partial charge in [0.05, 0.1) is 6.04 Å².